The fraction of sp³-hybridized carbons (Fsp3) is 0.0500. The third-order valence-electron chi connectivity index (χ3n) is 3.25. The van der Waals surface area contributed by atoms with Crippen molar-refractivity contribution in [2.45, 2.75) is 6.61 Å². The van der Waals surface area contributed by atoms with Gasteiger partial charge < -0.3 is 15.2 Å². The van der Waals surface area contributed by atoms with Crippen molar-refractivity contribution in [2.75, 3.05) is 5.32 Å². The number of amides is 1. The van der Waals surface area contributed by atoms with E-state index in [1.165, 1.54) is 18.5 Å². The quantitative estimate of drug-likeness (QED) is 0.663. The average molecular weight is 350 g/mol. The van der Waals surface area contributed by atoms with Crippen molar-refractivity contribution in [1.29, 1.82) is 0 Å². The van der Waals surface area contributed by atoms with Crippen LogP contribution in [-0.4, -0.2) is 22.5 Å². The maximum absolute atomic E-state index is 10.4. The summed E-state index contributed by atoms with van der Waals surface area (Å²) >= 11 is 0. The predicted molar refractivity (Wildman–Crippen MR) is 98.1 cm³/mol. The maximum Gasteiger partial charge on any atom is 0.337 e. The molecule has 0 aliphatic heterocycles. The number of aromatic nitrogens is 1. The standard InChI is InChI=1S/C14H13NO2.C6H5NO2/c16-11-15-13-8-4-5-9-14(13)17-10-12-6-2-1-3-7-12;8-6(9)5-2-1-3-7-4-5/h1-9,11H,10H2,(H,15,16);1-4H,(H,8,9). The highest BCUT2D eigenvalue weighted by atomic mass is 16.5. The molecule has 0 bridgehead atoms. The maximum atomic E-state index is 10.4. The highest BCUT2D eigenvalue weighted by molar-refractivity contribution is 5.86. The average Bonchev–Trinajstić information content (AvgIpc) is 2.69. The molecule has 2 aromatic carbocycles. The lowest BCUT2D eigenvalue weighted by Gasteiger charge is -2.10. The molecular weight excluding hydrogens is 332 g/mol. The topological polar surface area (TPSA) is 88.5 Å². The highest BCUT2D eigenvalue weighted by Crippen LogP contribution is 2.23. The molecule has 0 unspecified atom stereocenters. The van der Waals surface area contributed by atoms with Gasteiger partial charge in [-0.05, 0) is 29.8 Å². The van der Waals surface area contributed by atoms with Crippen molar-refractivity contribution in [3.8, 4) is 5.75 Å². The molecule has 0 fully saturated rings. The van der Waals surface area contributed by atoms with Crippen LogP contribution in [0.1, 0.15) is 15.9 Å². The Kier molecular flexibility index (Phi) is 7.36. The van der Waals surface area contributed by atoms with Crippen LogP contribution in [0.3, 0.4) is 0 Å². The Balaban J connectivity index is 0.000000228. The van der Waals surface area contributed by atoms with Crippen LogP contribution in [-0.2, 0) is 11.4 Å². The number of benzene rings is 2. The SMILES string of the molecule is O=C(O)c1cccnc1.O=CNc1ccccc1OCc1ccccc1. The van der Waals surface area contributed by atoms with Gasteiger partial charge >= 0.3 is 5.97 Å². The fourth-order valence-corrected chi connectivity index (χ4v) is 2.00. The van der Waals surface area contributed by atoms with Crippen molar-refractivity contribution in [3.63, 3.8) is 0 Å². The second-order valence-electron chi connectivity index (χ2n) is 5.08. The molecule has 0 atom stereocenters. The van der Waals surface area contributed by atoms with Gasteiger partial charge in [-0.15, -0.1) is 0 Å². The number of rotatable bonds is 6. The van der Waals surface area contributed by atoms with E-state index in [2.05, 4.69) is 10.3 Å². The van der Waals surface area contributed by atoms with Crippen LogP contribution < -0.4 is 10.1 Å². The zero-order chi connectivity index (χ0) is 18.6. The Morgan fingerprint density at radius 2 is 1.77 bits per heavy atom. The number of anilines is 1. The van der Waals surface area contributed by atoms with E-state index in [0.717, 1.165) is 5.56 Å². The van der Waals surface area contributed by atoms with Gasteiger partial charge in [0.15, 0.2) is 0 Å². The molecule has 1 aromatic heterocycles. The van der Waals surface area contributed by atoms with E-state index in [-0.39, 0.29) is 5.56 Å². The second kappa shape index (κ2) is 10.2. The number of pyridine rings is 1. The zero-order valence-electron chi connectivity index (χ0n) is 13.9. The number of ether oxygens (including phenoxy) is 1. The third-order valence-corrected chi connectivity index (χ3v) is 3.25. The molecule has 0 aliphatic rings. The molecular formula is C20H18N2O4. The zero-order valence-corrected chi connectivity index (χ0v) is 13.9. The first-order valence-corrected chi connectivity index (χ1v) is 7.80. The molecule has 1 heterocycles. The lowest BCUT2D eigenvalue weighted by molar-refractivity contribution is -0.105. The third kappa shape index (κ3) is 6.09. The molecule has 1 amide bonds. The molecule has 0 aliphatic carbocycles. The van der Waals surface area contributed by atoms with E-state index in [0.29, 0.717) is 24.5 Å². The van der Waals surface area contributed by atoms with Crippen LogP contribution in [0.2, 0.25) is 0 Å². The molecule has 3 rings (SSSR count). The van der Waals surface area contributed by atoms with E-state index >= 15 is 0 Å². The monoisotopic (exact) mass is 350 g/mol. The van der Waals surface area contributed by atoms with Gasteiger partial charge in [-0.3, -0.25) is 9.78 Å². The number of nitrogens with zero attached hydrogens (tertiary/aromatic N) is 1. The normalized spacial score (nSPS) is 9.38. The Labute approximate surface area is 151 Å². The molecule has 26 heavy (non-hydrogen) atoms. The summed E-state index contributed by atoms with van der Waals surface area (Å²) in [6.45, 7) is 0.485. The number of para-hydroxylation sites is 2. The Morgan fingerprint density at radius 3 is 2.38 bits per heavy atom. The molecule has 132 valence electrons. The Morgan fingerprint density at radius 1 is 1.04 bits per heavy atom. The van der Waals surface area contributed by atoms with Crippen molar-refractivity contribution in [2.24, 2.45) is 0 Å². The van der Waals surface area contributed by atoms with Gasteiger partial charge in [-0.1, -0.05) is 42.5 Å². The molecule has 0 radical (unpaired) electrons. The second-order valence-corrected chi connectivity index (χ2v) is 5.08. The van der Waals surface area contributed by atoms with E-state index < -0.39 is 5.97 Å². The van der Waals surface area contributed by atoms with Crippen LogP contribution >= 0.6 is 0 Å². The van der Waals surface area contributed by atoms with Crippen molar-refractivity contribution < 1.29 is 19.4 Å². The van der Waals surface area contributed by atoms with Crippen LogP contribution in [0.25, 0.3) is 0 Å². The number of hydrogen-bond acceptors (Lipinski definition) is 4. The smallest absolute Gasteiger partial charge is 0.337 e. The number of carboxylic acids is 1. The van der Waals surface area contributed by atoms with Crippen LogP contribution in [0.4, 0.5) is 5.69 Å². The first kappa shape index (κ1) is 18.7. The number of aromatic carboxylic acids is 1. The summed E-state index contributed by atoms with van der Waals surface area (Å²) in [5.74, 6) is -0.272. The Bertz CT molecular complexity index is 823. The van der Waals surface area contributed by atoms with E-state index in [4.69, 9.17) is 9.84 Å². The molecule has 0 saturated carbocycles. The summed E-state index contributed by atoms with van der Waals surface area (Å²) < 4.78 is 5.65. The molecule has 0 saturated heterocycles. The van der Waals surface area contributed by atoms with Crippen LogP contribution in [0, 0.1) is 0 Å². The summed E-state index contributed by atoms with van der Waals surface area (Å²) in [5.41, 5.74) is 1.99. The molecule has 2 N–H and O–H groups in total. The lowest BCUT2D eigenvalue weighted by Crippen LogP contribution is -2.00. The predicted octanol–water partition coefficient (Wildman–Crippen LogP) is 3.61. The minimum Gasteiger partial charge on any atom is -0.487 e. The first-order chi connectivity index (χ1) is 12.7. The minimum atomic E-state index is -0.942. The van der Waals surface area contributed by atoms with Gasteiger partial charge in [0.1, 0.15) is 12.4 Å². The minimum absolute atomic E-state index is 0.220. The van der Waals surface area contributed by atoms with Gasteiger partial charge in [0.25, 0.3) is 0 Å². The van der Waals surface area contributed by atoms with E-state index in [1.807, 2.05) is 48.5 Å². The summed E-state index contributed by atoms with van der Waals surface area (Å²) in [5, 5.41) is 11.0. The molecule has 6 heteroatoms. The molecule has 0 spiro atoms. The van der Waals surface area contributed by atoms with E-state index in [1.54, 1.807) is 12.1 Å². The summed E-state index contributed by atoms with van der Waals surface area (Å²) in [7, 11) is 0. The van der Waals surface area contributed by atoms with Crippen LogP contribution in [0.15, 0.2) is 79.1 Å². The summed E-state index contributed by atoms with van der Waals surface area (Å²) in [4.78, 5) is 24.2. The molecule has 6 nitrogen and oxygen atoms in total. The number of hydrogen-bond donors (Lipinski definition) is 2. The van der Waals surface area contributed by atoms with Gasteiger partial charge in [0.05, 0.1) is 11.3 Å². The van der Waals surface area contributed by atoms with Gasteiger partial charge in [-0.25, -0.2) is 4.79 Å². The van der Waals surface area contributed by atoms with Gasteiger partial charge in [0, 0.05) is 12.4 Å². The number of carbonyl (C=O) groups excluding carboxylic acids is 1. The number of carboxylic acid groups (broad SMARTS) is 1. The number of nitrogens with one attached hydrogen (secondary N) is 1. The van der Waals surface area contributed by atoms with Crippen LogP contribution in [0.5, 0.6) is 5.75 Å². The summed E-state index contributed by atoms with van der Waals surface area (Å²) in [6, 6.07) is 20.3. The fourth-order valence-electron chi connectivity index (χ4n) is 2.00. The van der Waals surface area contributed by atoms with Crippen molar-refractivity contribution in [1.82, 2.24) is 4.98 Å². The van der Waals surface area contributed by atoms with Crippen molar-refractivity contribution >= 4 is 18.1 Å². The number of carbonyl (C=O) groups is 2. The van der Waals surface area contributed by atoms with Crippen molar-refractivity contribution in [3.05, 3.63) is 90.3 Å². The Hall–Kier alpha value is -3.67. The van der Waals surface area contributed by atoms with Gasteiger partial charge in [0.2, 0.25) is 6.41 Å². The first-order valence-electron chi connectivity index (χ1n) is 7.80. The summed E-state index contributed by atoms with van der Waals surface area (Å²) in [6.07, 6.45) is 3.49. The lowest BCUT2D eigenvalue weighted by atomic mass is 10.2. The highest BCUT2D eigenvalue weighted by Gasteiger charge is 2.01. The molecule has 3 aromatic rings. The largest absolute Gasteiger partial charge is 0.487 e. The van der Waals surface area contributed by atoms with E-state index in [9.17, 15) is 9.59 Å². The van der Waals surface area contributed by atoms with Gasteiger partial charge in [-0.2, -0.15) is 0 Å².